The molecule has 2 aromatic carbocycles. The van der Waals surface area contributed by atoms with Crippen LogP contribution in [0.4, 0.5) is 0 Å². The fraction of sp³-hybridized carbons (Fsp3) is 0.143. The van der Waals surface area contributed by atoms with E-state index in [9.17, 15) is 4.79 Å². The van der Waals surface area contributed by atoms with E-state index in [-0.39, 0.29) is 5.91 Å². The molecular formula is C21H20N4O. The van der Waals surface area contributed by atoms with Crippen molar-refractivity contribution in [3.05, 3.63) is 78.9 Å². The van der Waals surface area contributed by atoms with Gasteiger partial charge < -0.3 is 14.9 Å². The van der Waals surface area contributed by atoms with Gasteiger partial charge >= 0.3 is 0 Å². The third-order valence-electron chi connectivity index (χ3n) is 4.45. The summed E-state index contributed by atoms with van der Waals surface area (Å²) in [4.78, 5) is 19.5. The Hall–Kier alpha value is -3.34. The molecule has 0 spiro atoms. The number of benzene rings is 2. The van der Waals surface area contributed by atoms with Crippen LogP contribution in [0.3, 0.4) is 0 Å². The number of carbonyl (C=O) groups excluding carboxylic acids is 1. The van der Waals surface area contributed by atoms with Crippen molar-refractivity contribution >= 4 is 16.8 Å². The molecule has 5 nitrogen and oxygen atoms in total. The second-order valence-electron chi connectivity index (χ2n) is 6.22. The molecule has 0 fully saturated rings. The highest BCUT2D eigenvalue weighted by molar-refractivity contribution is 5.89. The molecule has 5 heteroatoms. The third-order valence-corrected chi connectivity index (χ3v) is 4.45. The summed E-state index contributed by atoms with van der Waals surface area (Å²) in [6, 6.07) is 20.5. The lowest BCUT2D eigenvalue weighted by Crippen LogP contribution is -2.29. The Morgan fingerprint density at radius 1 is 1.08 bits per heavy atom. The highest BCUT2D eigenvalue weighted by atomic mass is 16.1. The molecule has 0 radical (unpaired) electrons. The molecule has 4 aromatic rings. The first-order chi connectivity index (χ1) is 12.8. The highest BCUT2D eigenvalue weighted by Gasteiger charge is 2.13. The smallest absolute Gasteiger partial charge is 0.239 e. The van der Waals surface area contributed by atoms with Crippen LogP contribution in [0, 0.1) is 0 Å². The van der Waals surface area contributed by atoms with Crippen LogP contribution < -0.4 is 5.32 Å². The third kappa shape index (κ3) is 3.37. The van der Waals surface area contributed by atoms with Crippen LogP contribution in [0.2, 0.25) is 0 Å². The molecule has 0 unspecified atom stereocenters. The Balaban J connectivity index is 1.55. The molecule has 2 N–H and O–H groups in total. The maximum atomic E-state index is 12.5. The van der Waals surface area contributed by atoms with E-state index in [4.69, 9.17) is 0 Å². The number of hydrogen-bond acceptors (Lipinski definition) is 2. The second kappa shape index (κ2) is 7.27. The predicted octanol–water partition coefficient (Wildman–Crippen LogP) is 3.39. The maximum Gasteiger partial charge on any atom is 0.239 e. The average molecular weight is 344 g/mol. The molecule has 0 aliphatic heterocycles. The Morgan fingerprint density at radius 3 is 2.69 bits per heavy atom. The van der Waals surface area contributed by atoms with Crippen LogP contribution in [0.15, 0.2) is 73.2 Å². The van der Waals surface area contributed by atoms with E-state index in [0.29, 0.717) is 13.1 Å². The maximum absolute atomic E-state index is 12.5. The summed E-state index contributed by atoms with van der Waals surface area (Å²) in [5.41, 5.74) is 4.24. The monoisotopic (exact) mass is 344 g/mol. The molecule has 0 aliphatic carbocycles. The van der Waals surface area contributed by atoms with Gasteiger partial charge in [0.25, 0.3) is 0 Å². The van der Waals surface area contributed by atoms with Crippen LogP contribution in [-0.4, -0.2) is 27.0 Å². The summed E-state index contributed by atoms with van der Waals surface area (Å²) in [5.74, 6) is 0.00282. The van der Waals surface area contributed by atoms with Crippen molar-refractivity contribution in [1.82, 2.24) is 19.9 Å². The van der Waals surface area contributed by atoms with Crippen LogP contribution in [0.25, 0.3) is 22.2 Å². The fourth-order valence-electron chi connectivity index (χ4n) is 3.19. The largest absolute Gasteiger partial charge is 0.354 e. The number of hydrogen-bond donors (Lipinski definition) is 2. The lowest BCUT2D eigenvalue weighted by molar-refractivity contribution is -0.121. The molecule has 0 bridgehead atoms. The minimum absolute atomic E-state index is 0.00282. The second-order valence-corrected chi connectivity index (χ2v) is 6.22. The standard InChI is InChI=1S/C21H20N4O/c26-21(23-11-10-18-13-22-15-24-18)14-25-19-9-5-4-8-17(19)12-20(25)16-6-2-1-3-7-16/h1-9,12-13,15H,10-11,14H2,(H,22,24)(H,23,26). The molecule has 0 saturated heterocycles. The number of nitrogens with one attached hydrogen (secondary N) is 2. The van der Waals surface area contributed by atoms with Gasteiger partial charge in [-0.2, -0.15) is 0 Å². The van der Waals surface area contributed by atoms with Crippen LogP contribution in [-0.2, 0) is 17.8 Å². The summed E-state index contributed by atoms with van der Waals surface area (Å²) >= 11 is 0. The van der Waals surface area contributed by atoms with E-state index in [0.717, 1.165) is 34.3 Å². The van der Waals surface area contributed by atoms with Crippen molar-refractivity contribution in [3.8, 4) is 11.3 Å². The molecule has 1 amide bonds. The quantitative estimate of drug-likeness (QED) is 0.563. The summed E-state index contributed by atoms with van der Waals surface area (Å²) in [5, 5.41) is 4.13. The van der Waals surface area contributed by atoms with Gasteiger partial charge in [0.05, 0.1) is 6.33 Å². The molecule has 2 aromatic heterocycles. The zero-order valence-electron chi connectivity index (χ0n) is 14.4. The summed E-state index contributed by atoms with van der Waals surface area (Å²) < 4.78 is 2.08. The normalized spacial score (nSPS) is 10.9. The van der Waals surface area contributed by atoms with E-state index in [2.05, 4.69) is 50.2 Å². The molecule has 4 rings (SSSR count). The molecule has 0 saturated carbocycles. The first-order valence-corrected chi connectivity index (χ1v) is 8.69. The van der Waals surface area contributed by atoms with E-state index in [1.165, 1.54) is 0 Å². The van der Waals surface area contributed by atoms with E-state index in [1.807, 2.05) is 30.3 Å². The Bertz CT molecular complexity index is 1000. The van der Waals surface area contributed by atoms with Gasteiger partial charge in [-0.25, -0.2) is 4.98 Å². The van der Waals surface area contributed by atoms with Crippen LogP contribution in [0.5, 0.6) is 0 Å². The number of imidazole rings is 1. The van der Waals surface area contributed by atoms with Gasteiger partial charge in [-0.3, -0.25) is 4.79 Å². The Kier molecular flexibility index (Phi) is 4.51. The molecule has 2 heterocycles. The van der Waals surface area contributed by atoms with E-state index < -0.39 is 0 Å². The number of rotatable bonds is 6. The van der Waals surface area contributed by atoms with Gasteiger partial charge in [0, 0.05) is 41.5 Å². The number of aromatic nitrogens is 3. The number of aromatic amines is 1. The van der Waals surface area contributed by atoms with Gasteiger partial charge in [-0.1, -0.05) is 48.5 Å². The number of fused-ring (bicyclic) bond motifs is 1. The van der Waals surface area contributed by atoms with Crippen molar-refractivity contribution < 1.29 is 4.79 Å². The minimum Gasteiger partial charge on any atom is -0.354 e. The van der Waals surface area contributed by atoms with Crippen LogP contribution in [0.1, 0.15) is 5.69 Å². The molecule has 0 atom stereocenters. The number of para-hydroxylation sites is 1. The number of amides is 1. The first-order valence-electron chi connectivity index (χ1n) is 8.69. The SMILES string of the molecule is O=C(Cn1c(-c2ccccc2)cc2ccccc21)NCCc1cnc[nH]1. The lowest BCUT2D eigenvalue weighted by Gasteiger charge is -2.11. The van der Waals surface area contributed by atoms with Gasteiger partial charge in [0.1, 0.15) is 6.54 Å². The molecule has 0 aliphatic rings. The first kappa shape index (κ1) is 16.1. The fourth-order valence-corrected chi connectivity index (χ4v) is 3.19. The zero-order chi connectivity index (χ0) is 17.8. The van der Waals surface area contributed by atoms with Gasteiger partial charge in [-0.15, -0.1) is 0 Å². The van der Waals surface area contributed by atoms with Crippen molar-refractivity contribution in [2.24, 2.45) is 0 Å². The van der Waals surface area contributed by atoms with Crippen molar-refractivity contribution in [2.75, 3.05) is 6.54 Å². The summed E-state index contributed by atoms with van der Waals surface area (Å²) in [6.07, 6.45) is 4.16. The Morgan fingerprint density at radius 2 is 1.88 bits per heavy atom. The minimum atomic E-state index is 0.00282. The molecular weight excluding hydrogens is 324 g/mol. The van der Waals surface area contributed by atoms with Crippen molar-refractivity contribution in [3.63, 3.8) is 0 Å². The van der Waals surface area contributed by atoms with Crippen molar-refractivity contribution in [2.45, 2.75) is 13.0 Å². The molecule has 26 heavy (non-hydrogen) atoms. The highest BCUT2D eigenvalue weighted by Crippen LogP contribution is 2.28. The van der Waals surface area contributed by atoms with E-state index in [1.54, 1.807) is 12.5 Å². The van der Waals surface area contributed by atoms with Gasteiger partial charge in [0.15, 0.2) is 0 Å². The topological polar surface area (TPSA) is 62.7 Å². The zero-order valence-corrected chi connectivity index (χ0v) is 14.4. The van der Waals surface area contributed by atoms with Gasteiger partial charge in [0.2, 0.25) is 5.91 Å². The van der Waals surface area contributed by atoms with Crippen molar-refractivity contribution in [1.29, 1.82) is 0 Å². The lowest BCUT2D eigenvalue weighted by atomic mass is 10.1. The summed E-state index contributed by atoms with van der Waals surface area (Å²) in [6.45, 7) is 0.877. The van der Waals surface area contributed by atoms with Crippen LogP contribution >= 0.6 is 0 Å². The number of nitrogens with zero attached hydrogens (tertiary/aromatic N) is 2. The number of carbonyl (C=O) groups is 1. The van der Waals surface area contributed by atoms with Gasteiger partial charge in [-0.05, 0) is 17.7 Å². The summed E-state index contributed by atoms with van der Waals surface area (Å²) in [7, 11) is 0. The number of H-pyrrole nitrogens is 1. The molecule has 130 valence electrons. The Labute approximate surface area is 151 Å². The average Bonchev–Trinajstić information content (AvgIpc) is 3.31. The van der Waals surface area contributed by atoms with E-state index >= 15 is 0 Å². The predicted molar refractivity (Wildman–Crippen MR) is 103 cm³/mol.